The first-order valence-electron chi connectivity index (χ1n) is 7.48. The molecule has 4 rings (SSSR count). The zero-order valence-corrected chi connectivity index (χ0v) is 14.3. The molecule has 0 aliphatic heterocycles. The fourth-order valence-corrected chi connectivity index (χ4v) is 3.83. The van der Waals surface area contributed by atoms with E-state index >= 15 is 0 Å². The largest absolute Gasteiger partial charge is 0.335 e. The first-order chi connectivity index (χ1) is 11.3. The Labute approximate surface area is 144 Å². The van der Waals surface area contributed by atoms with Gasteiger partial charge in [-0.25, -0.2) is 0 Å². The molecule has 0 saturated heterocycles. The summed E-state index contributed by atoms with van der Waals surface area (Å²) in [4.78, 5) is 1.19. The lowest BCUT2D eigenvalue weighted by atomic mass is 10.1. The molecular weight excluding hydrogens is 322 g/mol. The van der Waals surface area contributed by atoms with Gasteiger partial charge in [0.05, 0.1) is 5.52 Å². The quantitative estimate of drug-likeness (QED) is 0.414. The van der Waals surface area contributed by atoms with E-state index in [2.05, 4.69) is 59.4 Å². The van der Waals surface area contributed by atoms with Gasteiger partial charge in [0.2, 0.25) is 0 Å². The third-order valence-corrected chi connectivity index (χ3v) is 5.12. The molecule has 1 radical (unpaired) electrons. The maximum atomic E-state index is 6.02. The number of rotatable bonds is 3. The van der Waals surface area contributed by atoms with Crippen LogP contribution < -0.4 is 0 Å². The van der Waals surface area contributed by atoms with Crippen LogP contribution in [0.3, 0.4) is 0 Å². The van der Waals surface area contributed by atoms with Crippen LogP contribution in [0.15, 0.2) is 65.6 Å². The summed E-state index contributed by atoms with van der Waals surface area (Å²) < 4.78 is 2.39. The second kappa shape index (κ2) is 5.95. The Morgan fingerprint density at radius 1 is 1.00 bits per heavy atom. The van der Waals surface area contributed by atoms with Crippen molar-refractivity contribution < 1.29 is 0 Å². The molecule has 0 fully saturated rings. The van der Waals surface area contributed by atoms with Crippen LogP contribution in [0.2, 0.25) is 5.02 Å². The Morgan fingerprint density at radius 2 is 1.78 bits per heavy atom. The van der Waals surface area contributed by atoms with Gasteiger partial charge in [-0.2, -0.15) is 0 Å². The molecule has 0 aliphatic carbocycles. The second-order valence-electron chi connectivity index (χ2n) is 5.50. The minimum Gasteiger partial charge on any atom is -0.335 e. The van der Waals surface area contributed by atoms with Crippen molar-refractivity contribution in [3.63, 3.8) is 0 Å². The van der Waals surface area contributed by atoms with Gasteiger partial charge in [-0.3, -0.25) is 0 Å². The van der Waals surface area contributed by atoms with Crippen molar-refractivity contribution in [2.45, 2.75) is 11.4 Å². The number of hydrogen-bond acceptors (Lipinski definition) is 1. The Hall–Kier alpha value is -1.90. The standard InChI is InChI=1S/C20H15ClNS/c1-23-19-8-4-6-17-16-5-2-3-7-18(16)22(20(17)19)13-14-9-11-15(21)12-10-14/h2-7,9-12H,13H2,1H3. The van der Waals surface area contributed by atoms with Gasteiger partial charge in [0, 0.05) is 32.8 Å². The van der Waals surface area contributed by atoms with Crippen molar-refractivity contribution in [1.82, 2.24) is 4.57 Å². The van der Waals surface area contributed by atoms with Gasteiger partial charge >= 0.3 is 0 Å². The van der Waals surface area contributed by atoms with E-state index in [1.807, 2.05) is 18.2 Å². The lowest BCUT2D eigenvalue weighted by Crippen LogP contribution is -2.00. The number of aromatic nitrogens is 1. The number of thioether (sulfide) groups is 1. The molecule has 3 aromatic carbocycles. The highest BCUT2D eigenvalue weighted by atomic mass is 35.5. The van der Waals surface area contributed by atoms with E-state index in [1.165, 1.54) is 32.3 Å². The van der Waals surface area contributed by atoms with E-state index in [4.69, 9.17) is 11.6 Å². The molecular formula is C20H15ClNS. The number of fused-ring (bicyclic) bond motifs is 3. The highest BCUT2D eigenvalue weighted by molar-refractivity contribution is 7.98. The minimum absolute atomic E-state index is 0.772. The molecule has 0 amide bonds. The van der Waals surface area contributed by atoms with Gasteiger partial charge < -0.3 is 4.57 Å². The maximum Gasteiger partial charge on any atom is 0.0638 e. The Kier molecular flexibility index (Phi) is 3.80. The summed E-state index contributed by atoms with van der Waals surface area (Å²) in [7, 11) is 0. The van der Waals surface area contributed by atoms with Gasteiger partial charge in [-0.05, 0) is 36.1 Å². The Balaban J connectivity index is 2.00. The predicted octanol–water partition coefficient (Wildman–Crippen LogP) is 6.02. The molecule has 0 N–H and O–H groups in total. The van der Waals surface area contributed by atoms with Crippen molar-refractivity contribution in [3.05, 3.63) is 77.3 Å². The van der Waals surface area contributed by atoms with Gasteiger partial charge in [-0.15, -0.1) is 11.8 Å². The van der Waals surface area contributed by atoms with Crippen LogP contribution in [-0.4, -0.2) is 10.8 Å². The molecule has 0 saturated carbocycles. The summed E-state index contributed by atoms with van der Waals surface area (Å²) in [5, 5.41) is 3.35. The van der Waals surface area contributed by atoms with Crippen LogP contribution in [0, 0.1) is 6.07 Å². The number of para-hydroxylation sites is 1. The highest BCUT2D eigenvalue weighted by Gasteiger charge is 2.13. The number of halogens is 1. The van der Waals surface area contributed by atoms with Crippen LogP contribution in [-0.2, 0) is 6.54 Å². The number of nitrogens with zero attached hydrogens (tertiary/aromatic N) is 1. The van der Waals surface area contributed by atoms with Crippen LogP contribution in [0.25, 0.3) is 21.8 Å². The second-order valence-corrected chi connectivity index (χ2v) is 6.76. The lowest BCUT2D eigenvalue weighted by Gasteiger charge is -2.10. The monoisotopic (exact) mass is 336 g/mol. The van der Waals surface area contributed by atoms with E-state index in [0.29, 0.717) is 0 Å². The molecule has 4 aromatic rings. The molecule has 0 unspecified atom stereocenters. The topological polar surface area (TPSA) is 4.93 Å². The normalized spacial score (nSPS) is 11.4. The van der Waals surface area contributed by atoms with Crippen molar-refractivity contribution in [2.24, 2.45) is 0 Å². The summed E-state index contributed by atoms with van der Waals surface area (Å²) in [6, 6.07) is 24.2. The van der Waals surface area contributed by atoms with E-state index in [9.17, 15) is 0 Å². The zero-order valence-electron chi connectivity index (χ0n) is 12.7. The molecule has 0 aliphatic rings. The van der Waals surface area contributed by atoms with Crippen LogP contribution in [0.1, 0.15) is 5.56 Å². The molecule has 0 bridgehead atoms. The summed E-state index contributed by atoms with van der Waals surface area (Å²) in [6.07, 6.45) is 2.11. The molecule has 1 aromatic heterocycles. The Bertz CT molecular complexity index is 986. The summed E-state index contributed by atoms with van der Waals surface area (Å²) in [5.41, 5.74) is 3.76. The van der Waals surface area contributed by atoms with E-state index in [1.54, 1.807) is 11.8 Å². The average Bonchev–Trinajstić information content (AvgIpc) is 2.91. The fourth-order valence-electron chi connectivity index (χ4n) is 3.11. The Morgan fingerprint density at radius 3 is 2.57 bits per heavy atom. The van der Waals surface area contributed by atoms with Crippen molar-refractivity contribution >= 4 is 45.2 Å². The molecule has 0 spiro atoms. The molecule has 23 heavy (non-hydrogen) atoms. The van der Waals surface area contributed by atoms with Gasteiger partial charge in [0.1, 0.15) is 0 Å². The maximum absolute atomic E-state index is 6.02. The van der Waals surface area contributed by atoms with Crippen LogP contribution in [0.5, 0.6) is 0 Å². The number of benzene rings is 3. The van der Waals surface area contributed by atoms with Crippen molar-refractivity contribution in [1.29, 1.82) is 0 Å². The summed E-state index contributed by atoms with van der Waals surface area (Å²) in [5.74, 6) is 0. The molecule has 1 heterocycles. The first-order valence-corrected chi connectivity index (χ1v) is 9.08. The highest BCUT2D eigenvalue weighted by Crippen LogP contribution is 2.35. The van der Waals surface area contributed by atoms with Crippen molar-refractivity contribution in [2.75, 3.05) is 6.26 Å². The van der Waals surface area contributed by atoms with E-state index in [-0.39, 0.29) is 0 Å². The molecule has 0 atom stereocenters. The third kappa shape index (κ3) is 2.52. The van der Waals surface area contributed by atoms with Crippen LogP contribution in [0.4, 0.5) is 0 Å². The van der Waals surface area contributed by atoms with Gasteiger partial charge in [0.15, 0.2) is 0 Å². The predicted molar refractivity (Wildman–Crippen MR) is 101 cm³/mol. The smallest absolute Gasteiger partial charge is 0.0638 e. The third-order valence-electron chi connectivity index (χ3n) is 4.15. The molecule has 113 valence electrons. The van der Waals surface area contributed by atoms with Gasteiger partial charge in [0.25, 0.3) is 0 Å². The minimum atomic E-state index is 0.772. The number of hydrogen-bond donors (Lipinski definition) is 0. The van der Waals surface area contributed by atoms with Crippen LogP contribution >= 0.6 is 23.4 Å². The first kappa shape index (κ1) is 14.7. The zero-order chi connectivity index (χ0) is 15.8. The average molecular weight is 337 g/mol. The molecule has 3 heteroatoms. The lowest BCUT2D eigenvalue weighted by molar-refractivity contribution is 0.862. The summed E-state index contributed by atoms with van der Waals surface area (Å²) >= 11 is 7.76. The van der Waals surface area contributed by atoms with E-state index in [0.717, 1.165) is 11.6 Å². The summed E-state index contributed by atoms with van der Waals surface area (Å²) in [6.45, 7) is 0.826. The van der Waals surface area contributed by atoms with Crippen molar-refractivity contribution in [3.8, 4) is 0 Å². The molecule has 1 nitrogen and oxygen atoms in total. The SMILES string of the molecule is CSc1[c]ccc2c3ccccc3n(Cc3ccc(Cl)cc3)c12. The van der Waals surface area contributed by atoms with Gasteiger partial charge in [-0.1, -0.05) is 54.1 Å². The van der Waals surface area contributed by atoms with E-state index < -0.39 is 0 Å². The fraction of sp³-hybridized carbons (Fsp3) is 0.100.